The van der Waals surface area contributed by atoms with Crippen molar-refractivity contribution in [3.8, 4) is 0 Å². The van der Waals surface area contributed by atoms with Crippen molar-refractivity contribution in [2.45, 2.75) is 52.0 Å². The first-order valence-electron chi connectivity index (χ1n) is 9.79. The Hall–Kier alpha value is -1.80. The maximum absolute atomic E-state index is 13.4. The van der Waals surface area contributed by atoms with Gasteiger partial charge in [0.25, 0.3) is 0 Å². The smallest absolute Gasteiger partial charge is 0.226 e. The fourth-order valence-electron chi connectivity index (χ4n) is 4.00. The van der Waals surface area contributed by atoms with Crippen LogP contribution in [0.15, 0.2) is 48.5 Å². The number of hydrogen-bond acceptors (Lipinski definition) is 1. The standard InChI is InChI=1S/C23H28ClNO/c1-3-5-8-17(4-2)23(26)25-16-15-18-9-6-7-10-21(18)22(25)19-11-13-20(24)14-12-19/h6-7,9-14,17,22H,3-5,8,15-16H2,1-2H3/t17-,22-/m1/s1. The fraction of sp³-hybridized carbons (Fsp3) is 0.435. The highest BCUT2D eigenvalue weighted by atomic mass is 35.5. The molecule has 1 amide bonds. The average molecular weight is 370 g/mol. The second-order valence-electron chi connectivity index (χ2n) is 7.18. The molecule has 2 nitrogen and oxygen atoms in total. The van der Waals surface area contributed by atoms with Gasteiger partial charge in [-0.05, 0) is 48.1 Å². The second-order valence-corrected chi connectivity index (χ2v) is 7.62. The lowest BCUT2D eigenvalue weighted by Gasteiger charge is -2.39. The van der Waals surface area contributed by atoms with Gasteiger partial charge in [-0.25, -0.2) is 0 Å². The lowest BCUT2D eigenvalue weighted by Crippen LogP contribution is -2.43. The number of carbonyl (C=O) groups is 1. The summed E-state index contributed by atoms with van der Waals surface area (Å²) in [6.07, 6.45) is 5.06. The van der Waals surface area contributed by atoms with E-state index in [2.05, 4.69) is 55.1 Å². The van der Waals surface area contributed by atoms with E-state index in [1.165, 1.54) is 11.1 Å². The van der Waals surface area contributed by atoms with Crippen molar-refractivity contribution in [1.29, 1.82) is 0 Å². The van der Waals surface area contributed by atoms with E-state index in [1.807, 2.05) is 12.1 Å². The topological polar surface area (TPSA) is 20.3 Å². The van der Waals surface area contributed by atoms with Gasteiger partial charge in [-0.1, -0.05) is 74.7 Å². The van der Waals surface area contributed by atoms with Crippen molar-refractivity contribution < 1.29 is 4.79 Å². The molecule has 0 spiro atoms. The highest BCUT2D eigenvalue weighted by Crippen LogP contribution is 2.37. The van der Waals surface area contributed by atoms with Crippen molar-refractivity contribution in [3.05, 3.63) is 70.2 Å². The summed E-state index contributed by atoms with van der Waals surface area (Å²) in [5, 5.41) is 0.727. The number of carbonyl (C=O) groups excluding carboxylic acids is 1. The molecule has 1 aliphatic heterocycles. The summed E-state index contributed by atoms with van der Waals surface area (Å²) < 4.78 is 0. The Kier molecular flexibility index (Phi) is 6.37. The van der Waals surface area contributed by atoms with Crippen LogP contribution in [-0.2, 0) is 11.2 Å². The number of benzene rings is 2. The van der Waals surface area contributed by atoms with E-state index in [1.54, 1.807) is 0 Å². The molecule has 0 aliphatic carbocycles. The van der Waals surface area contributed by atoms with Gasteiger partial charge in [0.15, 0.2) is 0 Å². The molecule has 3 rings (SSSR count). The zero-order chi connectivity index (χ0) is 18.5. The van der Waals surface area contributed by atoms with Crippen molar-refractivity contribution in [3.63, 3.8) is 0 Å². The minimum absolute atomic E-state index is 0.0135. The lowest BCUT2D eigenvalue weighted by atomic mass is 9.86. The van der Waals surface area contributed by atoms with Crippen LogP contribution in [0, 0.1) is 5.92 Å². The summed E-state index contributed by atoms with van der Waals surface area (Å²) in [6.45, 7) is 5.10. The van der Waals surface area contributed by atoms with Crippen LogP contribution in [0.3, 0.4) is 0 Å². The largest absolute Gasteiger partial charge is 0.331 e. The van der Waals surface area contributed by atoms with E-state index in [-0.39, 0.29) is 12.0 Å². The van der Waals surface area contributed by atoms with Gasteiger partial charge in [-0.2, -0.15) is 0 Å². The SMILES string of the molecule is CCCC[C@@H](CC)C(=O)N1CCc2ccccc2[C@H]1c1ccc(Cl)cc1. The quantitative estimate of drug-likeness (QED) is 0.608. The number of rotatable bonds is 6. The van der Waals surface area contributed by atoms with E-state index in [0.717, 1.165) is 49.2 Å². The number of amides is 1. The number of halogens is 1. The van der Waals surface area contributed by atoms with Crippen LogP contribution in [0.2, 0.25) is 5.02 Å². The minimum Gasteiger partial charge on any atom is -0.331 e. The molecule has 1 heterocycles. The third-order valence-corrected chi connectivity index (χ3v) is 5.75. The first-order valence-corrected chi connectivity index (χ1v) is 10.2. The van der Waals surface area contributed by atoms with Gasteiger partial charge >= 0.3 is 0 Å². The van der Waals surface area contributed by atoms with E-state index in [0.29, 0.717) is 5.91 Å². The molecule has 0 fully saturated rings. The molecule has 138 valence electrons. The molecule has 0 saturated heterocycles. The molecule has 2 atom stereocenters. The Labute approximate surface area is 162 Å². The number of fused-ring (bicyclic) bond motifs is 1. The van der Waals surface area contributed by atoms with E-state index in [4.69, 9.17) is 11.6 Å². The second kappa shape index (κ2) is 8.73. The Bertz CT molecular complexity index is 740. The molecule has 0 bridgehead atoms. The third-order valence-electron chi connectivity index (χ3n) is 5.50. The molecule has 0 aromatic heterocycles. The van der Waals surface area contributed by atoms with Gasteiger partial charge in [-0.3, -0.25) is 4.79 Å². The molecule has 0 saturated carbocycles. The van der Waals surface area contributed by atoms with Crippen LogP contribution in [0.4, 0.5) is 0 Å². The first-order chi connectivity index (χ1) is 12.7. The molecule has 0 N–H and O–H groups in total. The average Bonchev–Trinajstić information content (AvgIpc) is 2.68. The molecule has 0 radical (unpaired) electrons. The fourth-order valence-corrected chi connectivity index (χ4v) is 4.12. The number of hydrogen-bond donors (Lipinski definition) is 0. The normalized spacial score (nSPS) is 17.7. The van der Waals surface area contributed by atoms with Crippen LogP contribution in [0.1, 0.15) is 62.3 Å². The summed E-state index contributed by atoms with van der Waals surface area (Å²) in [5.41, 5.74) is 3.73. The van der Waals surface area contributed by atoms with Gasteiger partial charge < -0.3 is 4.90 Å². The molecule has 0 unspecified atom stereocenters. The molecule has 3 heteroatoms. The predicted molar refractivity (Wildman–Crippen MR) is 108 cm³/mol. The number of nitrogens with zero attached hydrogens (tertiary/aromatic N) is 1. The molecular weight excluding hydrogens is 342 g/mol. The summed E-state index contributed by atoms with van der Waals surface area (Å²) in [7, 11) is 0. The Morgan fingerprint density at radius 3 is 2.58 bits per heavy atom. The minimum atomic E-state index is -0.0135. The maximum Gasteiger partial charge on any atom is 0.226 e. The number of unbranched alkanes of at least 4 members (excludes halogenated alkanes) is 1. The van der Waals surface area contributed by atoms with Crippen molar-refractivity contribution in [2.24, 2.45) is 5.92 Å². The van der Waals surface area contributed by atoms with Crippen LogP contribution in [0.5, 0.6) is 0 Å². The lowest BCUT2D eigenvalue weighted by molar-refractivity contribution is -0.138. The molecule has 2 aromatic rings. The van der Waals surface area contributed by atoms with Crippen LogP contribution in [-0.4, -0.2) is 17.4 Å². The highest BCUT2D eigenvalue weighted by Gasteiger charge is 2.34. The Morgan fingerprint density at radius 1 is 1.15 bits per heavy atom. The van der Waals surface area contributed by atoms with E-state index < -0.39 is 0 Å². The highest BCUT2D eigenvalue weighted by molar-refractivity contribution is 6.30. The zero-order valence-electron chi connectivity index (χ0n) is 15.7. The van der Waals surface area contributed by atoms with Gasteiger partial charge in [0.2, 0.25) is 5.91 Å². The van der Waals surface area contributed by atoms with Crippen molar-refractivity contribution in [2.75, 3.05) is 6.54 Å². The summed E-state index contributed by atoms with van der Waals surface area (Å²) >= 11 is 6.10. The van der Waals surface area contributed by atoms with Crippen LogP contribution >= 0.6 is 11.6 Å². The third kappa shape index (κ3) is 3.96. The molecule has 1 aliphatic rings. The zero-order valence-corrected chi connectivity index (χ0v) is 16.5. The van der Waals surface area contributed by atoms with E-state index >= 15 is 0 Å². The Balaban J connectivity index is 1.98. The Morgan fingerprint density at radius 2 is 1.88 bits per heavy atom. The van der Waals surface area contributed by atoms with Crippen molar-refractivity contribution in [1.82, 2.24) is 4.90 Å². The molecule has 2 aromatic carbocycles. The molecule has 26 heavy (non-hydrogen) atoms. The van der Waals surface area contributed by atoms with Crippen LogP contribution < -0.4 is 0 Å². The van der Waals surface area contributed by atoms with Gasteiger partial charge in [0.1, 0.15) is 0 Å². The monoisotopic (exact) mass is 369 g/mol. The summed E-state index contributed by atoms with van der Waals surface area (Å²) in [4.78, 5) is 15.5. The van der Waals surface area contributed by atoms with Gasteiger partial charge in [0, 0.05) is 17.5 Å². The van der Waals surface area contributed by atoms with Crippen LogP contribution in [0.25, 0.3) is 0 Å². The van der Waals surface area contributed by atoms with E-state index in [9.17, 15) is 4.79 Å². The summed E-state index contributed by atoms with van der Waals surface area (Å²) in [5.74, 6) is 0.422. The van der Waals surface area contributed by atoms with Crippen molar-refractivity contribution >= 4 is 17.5 Å². The molecular formula is C23H28ClNO. The predicted octanol–water partition coefficient (Wildman–Crippen LogP) is 6.03. The summed E-state index contributed by atoms with van der Waals surface area (Å²) in [6, 6.07) is 16.5. The van der Waals surface area contributed by atoms with Gasteiger partial charge in [0.05, 0.1) is 6.04 Å². The van der Waals surface area contributed by atoms with Gasteiger partial charge in [-0.15, -0.1) is 0 Å². The first kappa shape index (κ1) is 19.0. The maximum atomic E-state index is 13.4.